The highest BCUT2D eigenvalue weighted by Crippen LogP contribution is 2.30. The molecule has 3 nitrogen and oxygen atoms in total. The summed E-state index contributed by atoms with van der Waals surface area (Å²) in [6, 6.07) is 8.33. The van der Waals surface area contributed by atoms with Crippen LogP contribution >= 0.6 is 0 Å². The molecule has 4 heteroatoms. The van der Waals surface area contributed by atoms with Crippen LogP contribution in [0.1, 0.15) is 34.5 Å². The van der Waals surface area contributed by atoms with Gasteiger partial charge in [-0.3, -0.25) is 4.79 Å². The predicted octanol–water partition coefficient (Wildman–Crippen LogP) is 3.53. The second kappa shape index (κ2) is 5.12. The average molecular weight is 273 g/mol. The van der Waals surface area contributed by atoms with Crippen molar-refractivity contribution in [2.45, 2.75) is 32.4 Å². The molecule has 0 saturated heterocycles. The summed E-state index contributed by atoms with van der Waals surface area (Å²) in [6.07, 6.45) is 3.57. The number of hydrogen-bond acceptors (Lipinski definition) is 2. The van der Waals surface area contributed by atoms with Crippen LogP contribution in [0.15, 0.2) is 41.0 Å². The van der Waals surface area contributed by atoms with Crippen molar-refractivity contribution in [2.24, 2.45) is 0 Å². The maximum atomic E-state index is 12.9. The number of carbonyl (C=O) groups excluding carboxylic acids is 1. The summed E-state index contributed by atoms with van der Waals surface area (Å²) in [5, 5.41) is 0. The summed E-state index contributed by atoms with van der Waals surface area (Å²) in [7, 11) is 0. The number of halogens is 1. The van der Waals surface area contributed by atoms with Crippen LogP contribution in [0.2, 0.25) is 0 Å². The van der Waals surface area contributed by atoms with Crippen LogP contribution in [0.4, 0.5) is 4.39 Å². The zero-order chi connectivity index (χ0) is 14.1. The molecule has 1 saturated carbocycles. The average Bonchev–Trinajstić information content (AvgIpc) is 3.19. The van der Waals surface area contributed by atoms with Gasteiger partial charge >= 0.3 is 0 Å². The molecule has 0 radical (unpaired) electrons. The molecule has 104 valence electrons. The molecule has 0 N–H and O–H groups in total. The molecular weight excluding hydrogens is 257 g/mol. The molecule has 20 heavy (non-hydrogen) atoms. The van der Waals surface area contributed by atoms with Gasteiger partial charge in [0.25, 0.3) is 5.91 Å². The quantitative estimate of drug-likeness (QED) is 0.853. The molecule has 1 aromatic heterocycles. The van der Waals surface area contributed by atoms with Gasteiger partial charge in [0.15, 0.2) is 5.76 Å². The fourth-order valence-corrected chi connectivity index (χ4v) is 2.26. The largest absolute Gasteiger partial charge is 0.459 e. The second-order valence-corrected chi connectivity index (χ2v) is 5.22. The van der Waals surface area contributed by atoms with Gasteiger partial charge in [-0.2, -0.15) is 0 Å². The van der Waals surface area contributed by atoms with E-state index in [-0.39, 0.29) is 17.8 Å². The maximum absolute atomic E-state index is 12.9. The van der Waals surface area contributed by atoms with Crippen molar-refractivity contribution < 1.29 is 13.6 Å². The van der Waals surface area contributed by atoms with E-state index in [1.807, 2.05) is 11.8 Å². The summed E-state index contributed by atoms with van der Waals surface area (Å²) < 4.78 is 18.2. The lowest BCUT2D eigenvalue weighted by molar-refractivity contribution is 0.0696. The first-order valence-electron chi connectivity index (χ1n) is 6.74. The van der Waals surface area contributed by atoms with Gasteiger partial charge in [-0.25, -0.2) is 4.39 Å². The van der Waals surface area contributed by atoms with Gasteiger partial charge in [0.2, 0.25) is 0 Å². The van der Waals surface area contributed by atoms with E-state index in [4.69, 9.17) is 4.42 Å². The molecule has 0 aliphatic heterocycles. The highest BCUT2D eigenvalue weighted by molar-refractivity contribution is 5.93. The number of benzene rings is 1. The number of rotatable bonds is 4. The van der Waals surface area contributed by atoms with Crippen molar-refractivity contribution in [3.05, 3.63) is 59.3 Å². The molecule has 1 aromatic carbocycles. The first-order valence-corrected chi connectivity index (χ1v) is 6.74. The minimum atomic E-state index is -0.264. The minimum absolute atomic E-state index is 0.0840. The summed E-state index contributed by atoms with van der Waals surface area (Å²) in [5.41, 5.74) is 1.77. The van der Waals surface area contributed by atoms with Crippen molar-refractivity contribution in [3.8, 4) is 0 Å². The molecule has 0 spiro atoms. The fourth-order valence-electron chi connectivity index (χ4n) is 2.26. The molecular formula is C16H16FNO2. The van der Waals surface area contributed by atoms with E-state index < -0.39 is 0 Å². The Morgan fingerprint density at radius 3 is 2.55 bits per heavy atom. The van der Waals surface area contributed by atoms with Crippen molar-refractivity contribution >= 4 is 5.91 Å². The van der Waals surface area contributed by atoms with Crippen molar-refractivity contribution in [2.75, 3.05) is 0 Å². The molecule has 1 aliphatic rings. The Bertz CT molecular complexity index is 614. The number of nitrogens with zero attached hydrogens (tertiary/aromatic N) is 1. The van der Waals surface area contributed by atoms with E-state index in [1.165, 1.54) is 18.4 Å². The topological polar surface area (TPSA) is 33.5 Å². The summed E-state index contributed by atoms with van der Waals surface area (Å²) >= 11 is 0. The molecule has 2 aromatic rings. The smallest absolute Gasteiger partial charge is 0.290 e. The van der Waals surface area contributed by atoms with E-state index in [2.05, 4.69) is 0 Å². The van der Waals surface area contributed by atoms with E-state index in [9.17, 15) is 9.18 Å². The molecule has 1 aliphatic carbocycles. The van der Waals surface area contributed by atoms with Crippen LogP contribution in [0, 0.1) is 12.7 Å². The Kier molecular flexibility index (Phi) is 3.30. The lowest BCUT2D eigenvalue weighted by atomic mass is 10.2. The standard InChI is InChI=1S/C16H16FNO2/c1-11-8-9-20-15(11)16(19)18(14-6-7-14)10-12-2-4-13(17)5-3-12/h2-5,8-9,14H,6-7,10H2,1H3. The van der Waals surface area contributed by atoms with Crippen LogP contribution in [-0.2, 0) is 6.54 Å². The Morgan fingerprint density at radius 2 is 2.00 bits per heavy atom. The zero-order valence-corrected chi connectivity index (χ0v) is 11.3. The number of carbonyl (C=O) groups is 1. The van der Waals surface area contributed by atoms with Crippen molar-refractivity contribution in [1.82, 2.24) is 4.90 Å². The maximum Gasteiger partial charge on any atom is 0.290 e. The molecule has 1 heterocycles. The first-order chi connectivity index (χ1) is 9.65. The lowest BCUT2D eigenvalue weighted by Crippen LogP contribution is -2.32. The number of amides is 1. The van der Waals surface area contributed by atoms with Crippen LogP contribution in [0.5, 0.6) is 0 Å². The second-order valence-electron chi connectivity index (χ2n) is 5.22. The summed E-state index contributed by atoms with van der Waals surface area (Å²) in [6.45, 7) is 2.35. The van der Waals surface area contributed by atoms with Gasteiger partial charge in [0, 0.05) is 18.2 Å². The molecule has 0 unspecified atom stereocenters. The predicted molar refractivity (Wildman–Crippen MR) is 72.7 cm³/mol. The summed E-state index contributed by atoms with van der Waals surface area (Å²) in [4.78, 5) is 14.4. The highest BCUT2D eigenvalue weighted by atomic mass is 19.1. The van der Waals surface area contributed by atoms with E-state index in [1.54, 1.807) is 18.2 Å². The van der Waals surface area contributed by atoms with Crippen LogP contribution in [-0.4, -0.2) is 16.8 Å². The van der Waals surface area contributed by atoms with Gasteiger partial charge in [-0.15, -0.1) is 0 Å². The third-order valence-corrected chi connectivity index (χ3v) is 3.57. The Balaban J connectivity index is 1.81. The molecule has 1 fully saturated rings. The first kappa shape index (κ1) is 12.9. The Labute approximate surface area is 117 Å². The monoisotopic (exact) mass is 273 g/mol. The van der Waals surface area contributed by atoms with Gasteiger partial charge in [-0.1, -0.05) is 12.1 Å². The number of furan rings is 1. The highest BCUT2D eigenvalue weighted by Gasteiger charge is 2.34. The van der Waals surface area contributed by atoms with Gasteiger partial charge in [0.05, 0.1) is 6.26 Å². The van der Waals surface area contributed by atoms with Gasteiger partial charge in [0.1, 0.15) is 5.82 Å². The fraction of sp³-hybridized carbons (Fsp3) is 0.312. The van der Waals surface area contributed by atoms with E-state index in [0.717, 1.165) is 24.0 Å². The van der Waals surface area contributed by atoms with Crippen LogP contribution in [0.3, 0.4) is 0 Å². The molecule has 0 atom stereocenters. The third-order valence-electron chi connectivity index (χ3n) is 3.57. The zero-order valence-electron chi connectivity index (χ0n) is 11.3. The van der Waals surface area contributed by atoms with Gasteiger partial charge < -0.3 is 9.32 Å². The van der Waals surface area contributed by atoms with E-state index >= 15 is 0 Å². The molecule has 3 rings (SSSR count). The van der Waals surface area contributed by atoms with Crippen molar-refractivity contribution in [1.29, 1.82) is 0 Å². The van der Waals surface area contributed by atoms with E-state index in [0.29, 0.717) is 12.3 Å². The number of hydrogen-bond donors (Lipinski definition) is 0. The SMILES string of the molecule is Cc1ccoc1C(=O)N(Cc1ccc(F)cc1)C1CC1. The molecule has 0 bridgehead atoms. The van der Waals surface area contributed by atoms with Crippen LogP contribution < -0.4 is 0 Å². The van der Waals surface area contributed by atoms with Crippen LogP contribution in [0.25, 0.3) is 0 Å². The summed E-state index contributed by atoms with van der Waals surface area (Å²) in [5.74, 6) is 0.0539. The minimum Gasteiger partial charge on any atom is -0.459 e. The number of aryl methyl sites for hydroxylation is 1. The third kappa shape index (κ3) is 2.59. The van der Waals surface area contributed by atoms with Crippen molar-refractivity contribution in [3.63, 3.8) is 0 Å². The Hall–Kier alpha value is -2.10. The lowest BCUT2D eigenvalue weighted by Gasteiger charge is -2.21. The normalized spacial score (nSPS) is 14.3. The Morgan fingerprint density at radius 1 is 1.30 bits per heavy atom. The van der Waals surface area contributed by atoms with Gasteiger partial charge in [-0.05, 0) is 43.5 Å². The molecule has 1 amide bonds.